The van der Waals surface area contributed by atoms with Gasteiger partial charge in [-0.3, -0.25) is 0 Å². The molecule has 0 aliphatic carbocycles. The van der Waals surface area contributed by atoms with Crippen LogP contribution in [0.3, 0.4) is 0 Å². The van der Waals surface area contributed by atoms with Crippen LogP contribution in [0.4, 0.5) is 4.39 Å². The molecule has 0 aliphatic heterocycles. The molecule has 0 spiro atoms. The summed E-state index contributed by atoms with van der Waals surface area (Å²) in [6, 6.07) is 22.9. The lowest BCUT2D eigenvalue weighted by molar-refractivity contribution is 0.0795. The first kappa shape index (κ1) is 17.6. The van der Waals surface area contributed by atoms with Gasteiger partial charge < -0.3 is 10.4 Å². The average Bonchev–Trinajstić information content (AvgIpc) is 2.64. The number of aliphatic hydroxyl groups is 1. The fourth-order valence-corrected chi connectivity index (χ4v) is 3.03. The van der Waals surface area contributed by atoms with Crippen LogP contribution in [-0.4, -0.2) is 11.7 Å². The van der Waals surface area contributed by atoms with Gasteiger partial charge in [0.05, 0.1) is 0 Å². The van der Waals surface area contributed by atoms with Gasteiger partial charge in [-0.15, -0.1) is 0 Å². The maximum absolute atomic E-state index is 13.3. The number of hydrogen-bond acceptors (Lipinski definition) is 2. The molecule has 0 radical (unpaired) electrons. The van der Waals surface area contributed by atoms with Crippen molar-refractivity contribution >= 4 is 11.6 Å². The van der Waals surface area contributed by atoms with E-state index in [4.69, 9.17) is 11.6 Å². The minimum atomic E-state index is -1.27. The molecule has 0 aliphatic rings. The molecule has 0 saturated carbocycles. The van der Waals surface area contributed by atoms with E-state index in [9.17, 15) is 9.50 Å². The number of nitrogens with one attached hydrogen (secondary N) is 1. The lowest BCUT2D eigenvalue weighted by Crippen LogP contribution is -2.39. The van der Waals surface area contributed by atoms with Crippen molar-refractivity contribution in [2.75, 3.05) is 6.54 Å². The minimum absolute atomic E-state index is 0.272. The van der Waals surface area contributed by atoms with Crippen molar-refractivity contribution in [3.05, 3.63) is 106 Å². The third-order valence-electron chi connectivity index (χ3n) is 4.23. The lowest BCUT2D eigenvalue weighted by atomic mass is 9.86. The molecule has 25 heavy (non-hydrogen) atoms. The fourth-order valence-electron chi connectivity index (χ4n) is 2.83. The molecule has 0 heterocycles. The zero-order valence-corrected chi connectivity index (χ0v) is 14.4. The van der Waals surface area contributed by atoms with Gasteiger partial charge in [-0.1, -0.05) is 72.3 Å². The van der Waals surface area contributed by atoms with E-state index in [0.717, 1.165) is 11.1 Å². The summed E-state index contributed by atoms with van der Waals surface area (Å²) < 4.78 is 13.3. The van der Waals surface area contributed by atoms with Crippen LogP contribution in [0.1, 0.15) is 16.7 Å². The highest BCUT2D eigenvalue weighted by atomic mass is 35.5. The normalized spacial score (nSPS) is 13.4. The van der Waals surface area contributed by atoms with Gasteiger partial charge in [-0.05, 0) is 34.9 Å². The second-order valence-electron chi connectivity index (χ2n) is 5.93. The van der Waals surface area contributed by atoms with Crippen LogP contribution >= 0.6 is 11.6 Å². The van der Waals surface area contributed by atoms with E-state index in [-0.39, 0.29) is 12.4 Å². The summed E-state index contributed by atoms with van der Waals surface area (Å²) in [5, 5.41) is 15.3. The molecular formula is C21H19ClFNO. The molecule has 0 bridgehead atoms. The van der Waals surface area contributed by atoms with Crippen molar-refractivity contribution in [1.29, 1.82) is 0 Å². The van der Waals surface area contributed by atoms with E-state index in [0.29, 0.717) is 17.1 Å². The van der Waals surface area contributed by atoms with Gasteiger partial charge in [0, 0.05) is 18.1 Å². The van der Waals surface area contributed by atoms with Gasteiger partial charge in [0.15, 0.2) is 0 Å². The van der Waals surface area contributed by atoms with Crippen LogP contribution in [-0.2, 0) is 12.1 Å². The van der Waals surface area contributed by atoms with E-state index in [2.05, 4.69) is 5.32 Å². The Morgan fingerprint density at radius 2 is 1.44 bits per heavy atom. The molecule has 0 saturated heterocycles. The zero-order chi connectivity index (χ0) is 17.7. The van der Waals surface area contributed by atoms with E-state index >= 15 is 0 Å². The van der Waals surface area contributed by atoms with E-state index in [1.807, 2.05) is 54.6 Å². The van der Waals surface area contributed by atoms with Gasteiger partial charge in [0.2, 0.25) is 0 Å². The van der Waals surface area contributed by atoms with Gasteiger partial charge in [-0.25, -0.2) is 4.39 Å². The predicted octanol–water partition coefficient (Wildman–Crippen LogP) is 4.50. The SMILES string of the molecule is O[C@@](CNCc1ccccc1Cl)(c1ccccc1)c1ccc(F)cc1. The number of hydrogen-bond donors (Lipinski definition) is 2. The Balaban J connectivity index is 1.84. The van der Waals surface area contributed by atoms with Crippen LogP contribution in [0, 0.1) is 5.82 Å². The molecule has 2 nitrogen and oxygen atoms in total. The Hall–Kier alpha value is -2.20. The Bertz CT molecular complexity index is 823. The highest BCUT2D eigenvalue weighted by Gasteiger charge is 2.31. The summed E-state index contributed by atoms with van der Waals surface area (Å²) in [5.74, 6) is -0.330. The molecular weight excluding hydrogens is 337 g/mol. The molecule has 1 atom stereocenters. The van der Waals surface area contributed by atoms with Gasteiger partial charge in [0.25, 0.3) is 0 Å². The van der Waals surface area contributed by atoms with Crippen LogP contribution in [0.2, 0.25) is 5.02 Å². The summed E-state index contributed by atoms with van der Waals surface area (Å²) in [5.41, 5.74) is 1.06. The summed E-state index contributed by atoms with van der Waals surface area (Å²) in [6.45, 7) is 0.796. The smallest absolute Gasteiger partial charge is 0.127 e. The molecule has 0 unspecified atom stereocenters. The first-order chi connectivity index (χ1) is 12.1. The molecule has 0 amide bonds. The highest BCUT2D eigenvalue weighted by Crippen LogP contribution is 2.29. The first-order valence-electron chi connectivity index (χ1n) is 8.08. The topological polar surface area (TPSA) is 32.3 Å². The van der Waals surface area contributed by atoms with E-state index in [1.165, 1.54) is 12.1 Å². The quantitative estimate of drug-likeness (QED) is 0.682. The number of halogens is 2. The Morgan fingerprint density at radius 1 is 0.840 bits per heavy atom. The summed E-state index contributed by atoms with van der Waals surface area (Å²) in [7, 11) is 0. The summed E-state index contributed by atoms with van der Waals surface area (Å²) in [4.78, 5) is 0. The number of benzene rings is 3. The second-order valence-corrected chi connectivity index (χ2v) is 6.34. The lowest BCUT2D eigenvalue weighted by Gasteiger charge is -2.30. The molecule has 3 aromatic rings. The van der Waals surface area contributed by atoms with E-state index < -0.39 is 5.60 Å². The van der Waals surface area contributed by atoms with Crippen LogP contribution < -0.4 is 5.32 Å². The van der Waals surface area contributed by atoms with Crippen molar-refractivity contribution in [1.82, 2.24) is 5.32 Å². The summed E-state index contributed by atoms with van der Waals surface area (Å²) in [6.07, 6.45) is 0. The third kappa shape index (κ3) is 4.07. The zero-order valence-electron chi connectivity index (χ0n) is 13.6. The monoisotopic (exact) mass is 355 g/mol. The Labute approximate surface area is 151 Å². The number of rotatable bonds is 6. The van der Waals surface area contributed by atoms with Crippen molar-refractivity contribution in [2.45, 2.75) is 12.1 Å². The van der Waals surface area contributed by atoms with E-state index in [1.54, 1.807) is 12.1 Å². The van der Waals surface area contributed by atoms with Crippen LogP contribution in [0.15, 0.2) is 78.9 Å². The maximum atomic E-state index is 13.3. The molecule has 128 valence electrons. The third-order valence-corrected chi connectivity index (χ3v) is 4.60. The molecule has 4 heteroatoms. The van der Waals surface area contributed by atoms with Gasteiger partial charge in [-0.2, -0.15) is 0 Å². The van der Waals surface area contributed by atoms with Crippen molar-refractivity contribution < 1.29 is 9.50 Å². The molecule has 0 aromatic heterocycles. The van der Waals surface area contributed by atoms with Crippen molar-refractivity contribution in [2.24, 2.45) is 0 Å². The Kier molecular flexibility index (Phi) is 5.49. The fraction of sp³-hybridized carbons (Fsp3) is 0.143. The first-order valence-corrected chi connectivity index (χ1v) is 8.45. The van der Waals surface area contributed by atoms with Gasteiger partial charge >= 0.3 is 0 Å². The van der Waals surface area contributed by atoms with Crippen LogP contribution in [0.5, 0.6) is 0 Å². The molecule has 3 rings (SSSR count). The second kappa shape index (κ2) is 7.79. The summed E-state index contributed by atoms with van der Waals surface area (Å²) >= 11 is 6.18. The van der Waals surface area contributed by atoms with Gasteiger partial charge in [0.1, 0.15) is 11.4 Å². The standard InChI is InChI=1S/C21H19ClFNO/c22-20-9-5-4-6-16(20)14-24-15-21(25,17-7-2-1-3-8-17)18-10-12-19(23)13-11-18/h1-13,24-25H,14-15H2/t21-/m0/s1. The van der Waals surface area contributed by atoms with Crippen molar-refractivity contribution in [3.8, 4) is 0 Å². The molecule has 0 fully saturated rings. The average molecular weight is 356 g/mol. The highest BCUT2D eigenvalue weighted by molar-refractivity contribution is 6.31. The minimum Gasteiger partial charge on any atom is -0.379 e. The van der Waals surface area contributed by atoms with Crippen LogP contribution in [0.25, 0.3) is 0 Å². The Morgan fingerprint density at radius 3 is 2.12 bits per heavy atom. The molecule has 3 aromatic carbocycles. The maximum Gasteiger partial charge on any atom is 0.127 e. The largest absolute Gasteiger partial charge is 0.379 e. The predicted molar refractivity (Wildman–Crippen MR) is 99.0 cm³/mol. The molecule has 2 N–H and O–H groups in total. The van der Waals surface area contributed by atoms with Crippen molar-refractivity contribution in [3.63, 3.8) is 0 Å².